The molecule has 1 aromatic heterocycles. The van der Waals surface area contributed by atoms with Gasteiger partial charge >= 0.3 is 0 Å². The van der Waals surface area contributed by atoms with Gasteiger partial charge in [0.1, 0.15) is 12.0 Å². The summed E-state index contributed by atoms with van der Waals surface area (Å²) in [5, 5.41) is 0. The van der Waals surface area contributed by atoms with Crippen LogP contribution in [-0.4, -0.2) is 51.6 Å². The van der Waals surface area contributed by atoms with E-state index in [0.29, 0.717) is 17.3 Å². The summed E-state index contributed by atoms with van der Waals surface area (Å²) < 4.78 is 0. The first-order chi connectivity index (χ1) is 7.49. The van der Waals surface area contributed by atoms with E-state index in [1.807, 2.05) is 38.0 Å². The van der Waals surface area contributed by atoms with Gasteiger partial charge < -0.3 is 14.7 Å². The second-order valence-electron chi connectivity index (χ2n) is 3.87. The second-order valence-corrected chi connectivity index (χ2v) is 3.87. The molecule has 0 N–H and O–H groups in total. The molecule has 88 valence electrons. The van der Waals surface area contributed by atoms with Crippen LogP contribution >= 0.6 is 0 Å². The molecule has 0 saturated heterocycles. The smallest absolute Gasteiger partial charge is 0.214 e. The number of hydrogen-bond acceptors (Lipinski definition) is 5. The Morgan fingerprint density at radius 2 is 1.44 bits per heavy atom. The van der Waals surface area contributed by atoms with Crippen molar-refractivity contribution in [2.24, 2.45) is 0 Å². The Hall–Kier alpha value is -1.85. The third-order valence-corrected chi connectivity index (χ3v) is 2.14. The molecule has 0 aliphatic heterocycles. The maximum Gasteiger partial charge on any atom is 0.214 e. The summed E-state index contributed by atoms with van der Waals surface area (Å²) >= 11 is 0. The van der Waals surface area contributed by atoms with E-state index in [1.165, 1.54) is 11.2 Å². The highest BCUT2D eigenvalue weighted by Crippen LogP contribution is 2.31. The fourth-order valence-electron chi connectivity index (χ4n) is 1.38. The summed E-state index contributed by atoms with van der Waals surface area (Å²) in [5.41, 5.74) is 0.701. The molecule has 1 rings (SSSR count). The first kappa shape index (κ1) is 12.2. The maximum absolute atomic E-state index is 10.9. The Labute approximate surface area is 95.5 Å². The van der Waals surface area contributed by atoms with Gasteiger partial charge in [-0.15, -0.1) is 0 Å². The maximum atomic E-state index is 10.9. The molecule has 0 radical (unpaired) electrons. The van der Waals surface area contributed by atoms with E-state index in [9.17, 15) is 4.79 Å². The molecule has 0 saturated carbocycles. The fourth-order valence-corrected chi connectivity index (χ4v) is 1.38. The van der Waals surface area contributed by atoms with Gasteiger partial charge in [0.05, 0.1) is 0 Å². The third kappa shape index (κ3) is 2.21. The molecule has 0 aromatic carbocycles. The molecule has 6 heteroatoms. The number of amides is 1. The van der Waals surface area contributed by atoms with Gasteiger partial charge in [0.2, 0.25) is 6.41 Å². The number of carbonyl (C=O) groups excluding carboxylic acids is 1. The lowest BCUT2D eigenvalue weighted by molar-refractivity contribution is -0.107. The molecule has 0 spiro atoms. The van der Waals surface area contributed by atoms with Gasteiger partial charge in [0.15, 0.2) is 11.6 Å². The molecule has 0 aliphatic rings. The minimum absolute atomic E-state index is 0.701. The minimum atomic E-state index is 0.701. The van der Waals surface area contributed by atoms with Crippen LogP contribution in [0.5, 0.6) is 0 Å². The highest BCUT2D eigenvalue weighted by Gasteiger charge is 2.17. The first-order valence-electron chi connectivity index (χ1n) is 4.86. The van der Waals surface area contributed by atoms with E-state index in [0.717, 1.165) is 6.41 Å². The highest BCUT2D eigenvalue weighted by molar-refractivity contribution is 5.88. The summed E-state index contributed by atoms with van der Waals surface area (Å²) in [4.78, 5) is 24.4. The molecule has 1 aromatic rings. The van der Waals surface area contributed by atoms with Crippen LogP contribution in [-0.2, 0) is 4.79 Å². The van der Waals surface area contributed by atoms with Crippen LogP contribution in [0, 0.1) is 0 Å². The van der Waals surface area contributed by atoms with Gasteiger partial charge in [-0.25, -0.2) is 9.97 Å². The summed E-state index contributed by atoms with van der Waals surface area (Å²) in [7, 11) is 9.20. The van der Waals surface area contributed by atoms with Crippen LogP contribution < -0.4 is 14.7 Å². The zero-order chi connectivity index (χ0) is 12.3. The van der Waals surface area contributed by atoms with Crippen LogP contribution in [0.4, 0.5) is 17.3 Å². The van der Waals surface area contributed by atoms with E-state index in [1.54, 1.807) is 7.05 Å². The zero-order valence-electron chi connectivity index (χ0n) is 10.3. The molecule has 6 nitrogen and oxygen atoms in total. The molecule has 16 heavy (non-hydrogen) atoms. The van der Waals surface area contributed by atoms with Crippen molar-refractivity contribution in [1.82, 2.24) is 9.97 Å². The van der Waals surface area contributed by atoms with Crippen molar-refractivity contribution in [3.63, 3.8) is 0 Å². The first-order valence-corrected chi connectivity index (χ1v) is 4.86. The average Bonchev–Trinajstić information content (AvgIpc) is 2.26. The Morgan fingerprint density at radius 1 is 1.00 bits per heavy atom. The van der Waals surface area contributed by atoms with Gasteiger partial charge in [-0.1, -0.05) is 0 Å². The molecule has 0 unspecified atom stereocenters. The summed E-state index contributed by atoms with van der Waals surface area (Å²) in [6, 6.07) is 0. The van der Waals surface area contributed by atoms with E-state index in [4.69, 9.17) is 0 Å². The summed E-state index contributed by atoms with van der Waals surface area (Å²) in [5.74, 6) is 1.43. The van der Waals surface area contributed by atoms with Gasteiger partial charge in [0, 0.05) is 35.2 Å². The third-order valence-electron chi connectivity index (χ3n) is 2.14. The van der Waals surface area contributed by atoms with Gasteiger partial charge in [-0.3, -0.25) is 4.79 Å². The Kier molecular flexibility index (Phi) is 3.65. The molecule has 0 bridgehead atoms. The molecular weight excluding hydrogens is 206 g/mol. The Morgan fingerprint density at radius 3 is 1.75 bits per heavy atom. The lowest BCUT2D eigenvalue weighted by atomic mass is 10.3. The standard InChI is InChI=1S/C10H17N5O/c1-13(2)9-8(15(5)7-16)10(14(3)4)12-6-11-9/h6-7H,1-5H3. The number of nitrogens with zero attached hydrogens (tertiary/aromatic N) is 5. The van der Waals surface area contributed by atoms with Crippen LogP contribution in [0.3, 0.4) is 0 Å². The summed E-state index contributed by atoms with van der Waals surface area (Å²) in [6.45, 7) is 0. The van der Waals surface area contributed by atoms with Crippen molar-refractivity contribution < 1.29 is 4.79 Å². The number of hydrogen-bond donors (Lipinski definition) is 0. The largest absolute Gasteiger partial charge is 0.361 e. The van der Waals surface area contributed by atoms with Crippen molar-refractivity contribution in [3.8, 4) is 0 Å². The number of aromatic nitrogens is 2. The molecular formula is C10H17N5O. The topological polar surface area (TPSA) is 52.6 Å². The van der Waals surface area contributed by atoms with Gasteiger partial charge in [-0.05, 0) is 0 Å². The monoisotopic (exact) mass is 223 g/mol. The number of anilines is 3. The van der Waals surface area contributed by atoms with Gasteiger partial charge in [-0.2, -0.15) is 0 Å². The van der Waals surface area contributed by atoms with Crippen LogP contribution in [0.2, 0.25) is 0 Å². The minimum Gasteiger partial charge on any atom is -0.361 e. The second kappa shape index (κ2) is 4.78. The van der Waals surface area contributed by atoms with Crippen LogP contribution in [0.15, 0.2) is 6.33 Å². The van der Waals surface area contributed by atoms with E-state index in [-0.39, 0.29) is 0 Å². The van der Waals surface area contributed by atoms with E-state index >= 15 is 0 Å². The lowest BCUT2D eigenvalue weighted by Crippen LogP contribution is -2.24. The number of carbonyl (C=O) groups is 1. The zero-order valence-corrected chi connectivity index (χ0v) is 10.3. The van der Waals surface area contributed by atoms with Crippen molar-refractivity contribution in [2.75, 3.05) is 49.9 Å². The highest BCUT2D eigenvalue weighted by atomic mass is 16.1. The number of rotatable bonds is 4. The SMILES string of the molecule is CN(C)c1ncnc(N(C)C)c1N(C)C=O. The Balaban J connectivity index is 3.40. The fraction of sp³-hybridized carbons (Fsp3) is 0.500. The van der Waals surface area contributed by atoms with Gasteiger partial charge in [0.25, 0.3) is 0 Å². The van der Waals surface area contributed by atoms with Crippen molar-refractivity contribution in [1.29, 1.82) is 0 Å². The predicted octanol–water partition coefficient (Wildman–Crippen LogP) is 0.201. The molecule has 1 amide bonds. The molecule has 0 atom stereocenters. The quantitative estimate of drug-likeness (QED) is 0.683. The molecule has 0 fully saturated rings. The van der Waals surface area contributed by atoms with Crippen molar-refractivity contribution in [2.45, 2.75) is 0 Å². The van der Waals surface area contributed by atoms with Crippen molar-refractivity contribution in [3.05, 3.63) is 6.33 Å². The molecule has 1 heterocycles. The van der Waals surface area contributed by atoms with Crippen molar-refractivity contribution >= 4 is 23.7 Å². The van der Waals surface area contributed by atoms with Crippen LogP contribution in [0.1, 0.15) is 0 Å². The predicted molar refractivity (Wildman–Crippen MR) is 65.2 cm³/mol. The lowest BCUT2D eigenvalue weighted by Gasteiger charge is -2.24. The van der Waals surface area contributed by atoms with E-state index in [2.05, 4.69) is 9.97 Å². The Bertz CT molecular complexity index is 351. The average molecular weight is 223 g/mol. The summed E-state index contributed by atoms with van der Waals surface area (Å²) in [6.07, 6.45) is 2.24. The molecule has 0 aliphatic carbocycles. The van der Waals surface area contributed by atoms with Crippen LogP contribution in [0.25, 0.3) is 0 Å². The normalized spacial score (nSPS) is 9.81. The van der Waals surface area contributed by atoms with E-state index < -0.39 is 0 Å².